The van der Waals surface area contributed by atoms with Crippen molar-refractivity contribution < 1.29 is 5.11 Å². The van der Waals surface area contributed by atoms with E-state index >= 15 is 0 Å². The quantitative estimate of drug-likeness (QED) is 0.932. The molecule has 3 nitrogen and oxygen atoms in total. The number of likely N-dealkylation sites (tertiary alicyclic amines) is 1. The van der Waals surface area contributed by atoms with E-state index in [2.05, 4.69) is 40.2 Å². The molecule has 2 atom stereocenters. The third kappa shape index (κ3) is 3.24. The van der Waals surface area contributed by atoms with E-state index < -0.39 is 0 Å². The minimum Gasteiger partial charge on any atom is -0.390 e. The van der Waals surface area contributed by atoms with Gasteiger partial charge in [0.15, 0.2) is 0 Å². The lowest BCUT2D eigenvalue weighted by atomic mass is 9.71. The van der Waals surface area contributed by atoms with Gasteiger partial charge in [0, 0.05) is 37.9 Å². The number of hydrogen-bond acceptors (Lipinski definition) is 3. The van der Waals surface area contributed by atoms with Crippen molar-refractivity contribution in [2.24, 2.45) is 5.92 Å². The summed E-state index contributed by atoms with van der Waals surface area (Å²) in [6, 6.07) is 12.9. The molecule has 1 aromatic carbocycles. The molecular formula is C21H26N2O. The van der Waals surface area contributed by atoms with Gasteiger partial charge >= 0.3 is 0 Å². The van der Waals surface area contributed by atoms with Gasteiger partial charge in [0.1, 0.15) is 0 Å². The third-order valence-corrected chi connectivity index (χ3v) is 5.84. The first kappa shape index (κ1) is 15.8. The van der Waals surface area contributed by atoms with Crippen molar-refractivity contribution in [1.82, 2.24) is 9.88 Å². The monoisotopic (exact) mass is 322 g/mol. The fourth-order valence-electron chi connectivity index (χ4n) is 4.42. The molecule has 0 radical (unpaired) electrons. The second kappa shape index (κ2) is 6.66. The lowest BCUT2D eigenvalue weighted by Crippen LogP contribution is -2.52. The summed E-state index contributed by atoms with van der Waals surface area (Å²) in [4.78, 5) is 6.74. The zero-order valence-corrected chi connectivity index (χ0v) is 14.2. The van der Waals surface area contributed by atoms with Gasteiger partial charge in [-0.2, -0.15) is 0 Å². The molecule has 2 aliphatic rings. The molecule has 2 fully saturated rings. The SMILES string of the molecule is OC12CCCCC1CN(Cc1cccc(-c3cccnc3)c1)CC2. The first-order valence-corrected chi connectivity index (χ1v) is 9.17. The van der Waals surface area contributed by atoms with Crippen LogP contribution in [0.3, 0.4) is 0 Å². The topological polar surface area (TPSA) is 36.4 Å². The van der Waals surface area contributed by atoms with Crippen LogP contribution in [-0.4, -0.2) is 33.7 Å². The first-order chi connectivity index (χ1) is 11.7. The molecule has 2 aromatic rings. The Morgan fingerprint density at radius 1 is 1.12 bits per heavy atom. The zero-order valence-electron chi connectivity index (χ0n) is 14.2. The molecule has 0 amide bonds. The summed E-state index contributed by atoms with van der Waals surface area (Å²) < 4.78 is 0. The lowest BCUT2D eigenvalue weighted by Gasteiger charge is -2.47. The van der Waals surface area contributed by atoms with Crippen molar-refractivity contribution >= 4 is 0 Å². The fourth-order valence-corrected chi connectivity index (χ4v) is 4.42. The number of hydrogen-bond donors (Lipinski definition) is 1. The Hall–Kier alpha value is -1.71. The predicted octanol–water partition coefficient (Wildman–Crippen LogP) is 3.88. The molecule has 126 valence electrons. The highest BCUT2D eigenvalue weighted by Gasteiger charge is 2.42. The average Bonchev–Trinajstić information content (AvgIpc) is 2.63. The molecule has 1 aliphatic heterocycles. The highest BCUT2D eigenvalue weighted by Crippen LogP contribution is 2.40. The minimum atomic E-state index is -0.383. The van der Waals surface area contributed by atoms with E-state index in [0.29, 0.717) is 5.92 Å². The molecule has 1 saturated heterocycles. The largest absolute Gasteiger partial charge is 0.390 e. The van der Waals surface area contributed by atoms with Crippen LogP contribution in [0.5, 0.6) is 0 Å². The van der Waals surface area contributed by atoms with Crippen LogP contribution in [0.1, 0.15) is 37.7 Å². The highest BCUT2D eigenvalue weighted by atomic mass is 16.3. The summed E-state index contributed by atoms with van der Waals surface area (Å²) in [6.07, 6.45) is 9.32. The number of fused-ring (bicyclic) bond motifs is 1. The normalized spacial score (nSPS) is 27.6. The van der Waals surface area contributed by atoms with Crippen molar-refractivity contribution in [3.63, 3.8) is 0 Å². The number of nitrogens with zero attached hydrogens (tertiary/aromatic N) is 2. The molecule has 3 heteroatoms. The van der Waals surface area contributed by atoms with E-state index in [1.807, 2.05) is 18.5 Å². The third-order valence-electron chi connectivity index (χ3n) is 5.84. The zero-order chi connectivity index (χ0) is 16.4. The minimum absolute atomic E-state index is 0.383. The van der Waals surface area contributed by atoms with E-state index in [1.54, 1.807) is 0 Å². The van der Waals surface area contributed by atoms with E-state index in [-0.39, 0.29) is 5.60 Å². The number of aromatic nitrogens is 1. The van der Waals surface area contributed by atoms with Gasteiger partial charge in [-0.3, -0.25) is 9.88 Å². The van der Waals surface area contributed by atoms with Gasteiger partial charge in [-0.15, -0.1) is 0 Å². The maximum absolute atomic E-state index is 10.8. The molecule has 0 bridgehead atoms. The maximum Gasteiger partial charge on any atom is 0.0700 e. The van der Waals surface area contributed by atoms with E-state index in [1.165, 1.54) is 36.0 Å². The van der Waals surface area contributed by atoms with E-state index in [9.17, 15) is 5.11 Å². The van der Waals surface area contributed by atoms with Crippen LogP contribution in [0.4, 0.5) is 0 Å². The number of rotatable bonds is 3. The Morgan fingerprint density at radius 3 is 2.92 bits per heavy atom. The molecule has 1 saturated carbocycles. The van der Waals surface area contributed by atoms with Gasteiger partial charge in [0.2, 0.25) is 0 Å². The molecule has 1 aliphatic carbocycles. The van der Waals surface area contributed by atoms with Gasteiger partial charge in [-0.25, -0.2) is 0 Å². The van der Waals surface area contributed by atoms with Crippen molar-refractivity contribution in [3.8, 4) is 11.1 Å². The Kier molecular flexibility index (Phi) is 4.38. The number of benzene rings is 1. The Bertz CT molecular complexity index is 687. The number of piperidine rings is 1. The Morgan fingerprint density at radius 2 is 2.04 bits per heavy atom. The van der Waals surface area contributed by atoms with Crippen molar-refractivity contribution in [2.75, 3.05) is 13.1 Å². The van der Waals surface area contributed by atoms with Gasteiger partial charge in [0.25, 0.3) is 0 Å². The summed E-state index contributed by atoms with van der Waals surface area (Å²) >= 11 is 0. The summed E-state index contributed by atoms with van der Waals surface area (Å²) in [5.74, 6) is 0.460. The second-order valence-corrected chi connectivity index (χ2v) is 7.47. The van der Waals surface area contributed by atoms with Crippen LogP contribution in [0.15, 0.2) is 48.8 Å². The molecule has 1 aromatic heterocycles. The summed E-state index contributed by atoms with van der Waals surface area (Å²) in [6.45, 7) is 3.01. The molecule has 0 spiro atoms. The van der Waals surface area contributed by atoms with Crippen LogP contribution >= 0.6 is 0 Å². The van der Waals surface area contributed by atoms with Gasteiger partial charge < -0.3 is 5.11 Å². The summed E-state index contributed by atoms with van der Waals surface area (Å²) in [7, 11) is 0. The standard InChI is InChI=1S/C21H26N2O/c24-21-9-2-1-8-20(21)16-23(12-10-21)15-17-5-3-6-18(13-17)19-7-4-11-22-14-19/h3-7,11,13-14,20,24H,1-2,8-10,12,15-16H2. The molecule has 2 heterocycles. The smallest absolute Gasteiger partial charge is 0.0700 e. The first-order valence-electron chi connectivity index (χ1n) is 9.17. The maximum atomic E-state index is 10.8. The second-order valence-electron chi connectivity index (χ2n) is 7.47. The predicted molar refractivity (Wildman–Crippen MR) is 96.5 cm³/mol. The van der Waals surface area contributed by atoms with Crippen LogP contribution in [0.25, 0.3) is 11.1 Å². The lowest BCUT2D eigenvalue weighted by molar-refractivity contribution is -0.0967. The number of aliphatic hydroxyl groups is 1. The average molecular weight is 322 g/mol. The van der Waals surface area contributed by atoms with Crippen molar-refractivity contribution in [1.29, 1.82) is 0 Å². The number of pyridine rings is 1. The molecule has 2 unspecified atom stereocenters. The molecule has 4 rings (SSSR count). The van der Waals surface area contributed by atoms with Gasteiger partial charge in [-0.1, -0.05) is 37.1 Å². The van der Waals surface area contributed by atoms with Crippen molar-refractivity contribution in [2.45, 2.75) is 44.2 Å². The van der Waals surface area contributed by atoms with E-state index in [0.717, 1.165) is 32.5 Å². The van der Waals surface area contributed by atoms with Crippen LogP contribution in [0, 0.1) is 5.92 Å². The van der Waals surface area contributed by atoms with E-state index in [4.69, 9.17) is 0 Å². The molecule has 24 heavy (non-hydrogen) atoms. The Balaban J connectivity index is 1.46. The Labute approximate surface area is 144 Å². The van der Waals surface area contributed by atoms with Crippen LogP contribution in [0.2, 0.25) is 0 Å². The molecule has 1 N–H and O–H groups in total. The highest BCUT2D eigenvalue weighted by molar-refractivity contribution is 5.62. The fraction of sp³-hybridized carbons (Fsp3) is 0.476. The van der Waals surface area contributed by atoms with Gasteiger partial charge in [-0.05, 0) is 48.1 Å². The van der Waals surface area contributed by atoms with Gasteiger partial charge in [0.05, 0.1) is 5.60 Å². The summed E-state index contributed by atoms with van der Waals surface area (Å²) in [5.41, 5.74) is 3.36. The van der Waals surface area contributed by atoms with Crippen molar-refractivity contribution in [3.05, 3.63) is 54.4 Å². The van der Waals surface area contributed by atoms with Crippen LogP contribution in [-0.2, 0) is 6.54 Å². The van der Waals surface area contributed by atoms with Crippen LogP contribution < -0.4 is 0 Å². The molecular weight excluding hydrogens is 296 g/mol. The summed E-state index contributed by atoms with van der Waals surface area (Å²) in [5, 5.41) is 10.8.